The average Bonchev–Trinajstić information content (AvgIpc) is 2.74. The molecule has 4 rings (SSSR count). The minimum Gasteiger partial charge on any atom is -0.508 e. The van der Waals surface area contributed by atoms with Gasteiger partial charge in [0.25, 0.3) is 0 Å². The van der Waals surface area contributed by atoms with Gasteiger partial charge in [0.2, 0.25) is 0 Å². The Hall–Kier alpha value is -3.53. The highest BCUT2D eigenvalue weighted by atomic mass is 16.3. The Morgan fingerprint density at radius 2 is 0.680 bits per heavy atom. The molecule has 0 atom stereocenters. The first-order chi connectivity index (χ1) is 12.4. The van der Waals surface area contributed by atoms with Gasteiger partial charge < -0.3 is 5.11 Å². The molecular formula is C21H21N3O. The molecule has 3 aromatic heterocycles. The first kappa shape index (κ1) is 19.5. The molecule has 3 heterocycles. The minimum absolute atomic E-state index is 0.322. The Morgan fingerprint density at radius 1 is 0.400 bits per heavy atom. The van der Waals surface area contributed by atoms with Gasteiger partial charge >= 0.3 is 0 Å². The quantitative estimate of drug-likeness (QED) is 0.510. The molecule has 0 aliphatic rings. The van der Waals surface area contributed by atoms with Gasteiger partial charge in [0.15, 0.2) is 0 Å². The third-order valence-electron chi connectivity index (χ3n) is 2.46. The summed E-state index contributed by atoms with van der Waals surface area (Å²) < 4.78 is 0. The summed E-state index contributed by atoms with van der Waals surface area (Å²) in [6, 6.07) is 25.9. The molecule has 1 aromatic carbocycles. The van der Waals surface area contributed by atoms with Crippen molar-refractivity contribution in [2.45, 2.75) is 0 Å². The number of rotatable bonds is 0. The number of hydrogen-bond acceptors (Lipinski definition) is 4. The van der Waals surface area contributed by atoms with E-state index in [1.165, 1.54) is 0 Å². The fourth-order valence-corrected chi connectivity index (χ4v) is 1.37. The standard InChI is InChI=1S/C6H6O.3C5H5N/c7-6-4-2-1-3-5-6;3*1-2-4-6-5-3-1/h1-5,7H;3*1-5H. The maximum Gasteiger partial charge on any atom is 0.115 e. The zero-order valence-electron chi connectivity index (χ0n) is 13.8. The average molecular weight is 331 g/mol. The van der Waals surface area contributed by atoms with E-state index in [1.54, 1.807) is 61.4 Å². The second-order valence-corrected chi connectivity index (χ2v) is 4.41. The van der Waals surface area contributed by atoms with E-state index in [2.05, 4.69) is 15.0 Å². The SMILES string of the molecule is Oc1ccccc1.c1ccncc1.c1ccncc1.c1ccncc1. The van der Waals surface area contributed by atoms with Crippen LogP contribution in [0.4, 0.5) is 0 Å². The highest BCUT2D eigenvalue weighted by Crippen LogP contribution is 2.02. The predicted octanol–water partition coefficient (Wildman–Crippen LogP) is 4.64. The number of phenolic OH excluding ortho intramolecular Hbond substituents is 1. The third-order valence-corrected chi connectivity index (χ3v) is 2.46. The molecule has 0 radical (unpaired) electrons. The number of para-hydroxylation sites is 1. The largest absolute Gasteiger partial charge is 0.508 e. The van der Waals surface area contributed by atoms with Crippen LogP contribution in [-0.2, 0) is 0 Å². The second kappa shape index (κ2) is 15.4. The third kappa shape index (κ3) is 13.8. The van der Waals surface area contributed by atoms with Crippen molar-refractivity contribution < 1.29 is 5.11 Å². The molecule has 0 fully saturated rings. The molecule has 4 heteroatoms. The molecule has 4 aromatic rings. The molecule has 0 aliphatic carbocycles. The molecule has 0 unspecified atom stereocenters. The van der Waals surface area contributed by atoms with Crippen molar-refractivity contribution >= 4 is 0 Å². The van der Waals surface area contributed by atoms with E-state index in [4.69, 9.17) is 5.11 Å². The van der Waals surface area contributed by atoms with E-state index in [9.17, 15) is 0 Å². The van der Waals surface area contributed by atoms with E-state index in [0.717, 1.165) is 0 Å². The first-order valence-electron chi connectivity index (χ1n) is 7.68. The fraction of sp³-hybridized carbons (Fsp3) is 0. The van der Waals surface area contributed by atoms with Gasteiger partial charge in [-0.2, -0.15) is 0 Å². The van der Waals surface area contributed by atoms with Gasteiger partial charge in [-0.15, -0.1) is 0 Å². The van der Waals surface area contributed by atoms with E-state index in [1.807, 2.05) is 60.7 Å². The van der Waals surface area contributed by atoms with Gasteiger partial charge in [0, 0.05) is 37.2 Å². The van der Waals surface area contributed by atoms with Gasteiger partial charge in [-0.1, -0.05) is 36.4 Å². The Balaban J connectivity index is 0.000000167. The maximum atomic E-state index is 8.63. The van der Waals surface area contributed by atoms with Crippen LogP contribution in [0.5, 0.6) is 5.75 Å². The topological polar surface area (TPSA) is 58.9 Å². The van der Waals surface area contributed by atoms with Gasteiger partial charge in [0.1, 0.15) is 5.75 Å². The highest BCUT2D eigenvalue weighted by Gasteiger charge is 1.74. The van der Waals surface area contributed by atoms with E-state index < -0.39 is 0 Å². The summed E-state index contributed by atoms with van der Waals surface area (Å²) in [5, 5.41) is 8.63. The monoisotopic (exact) mass is 331 g/mol. The van der Waals surface area contributed by atoms with Crippen LogP contribution < -0.4 is 0 Å². The normalized spacial score (nSPS) is 8.16. The number of aromatic nitrogens is 3. The molecule has 0 saturated carbocycles. The van der Waals surface area contributed by atoms with Gasteiger partial charge in [-0.25, -0.2) is 0 Å². The maximum absolute atomic E-state index is 8.63. The molecule has 0 aliphatic heterocycles. The number of pyridine rings is 3. The van der Waals surface area contributed by atoms with Crippen molar-refractivity contribution in [1.29, 1.82) is 0 Å². The molecule has 0 bridgehead atoms. The number of hydrogen-bond donors (Lipinski definition) is 1. The van der Waals surface area contributed by atoms with Crippen molar-refractivity contribution in [3.8, 4) is 5.75 Å². The summed E-state index contributed by atoms with van der Waals surface area (Å²) in [6.45, 7) is 0. The molecule has 1 N–H and O–H groups in total. The lowest BCUT2D eigenvalue weighted by Gasteiger charge is -1.82. The van der Waals surface area contributed by atoms with Crippen molar-refractivity contribution in [3.63, 3.8) is 0 Å². The summed E-state index contributed by atoms with van der Waals surface area (Å²) in [5.74, 6) is 0.322. The number of nitrogens with zero attached hydrogens (tertiary/aromatic N) is 3. The van der Waals surface area contributed by atoms with Crippen LogP contribution >= 0.6 is 0 Å². The van der Waals surface area contributed by atoms with Crippen molar-refractivity contribution in [2.24, 2.45) is 0 Å². The van der Waals surface area contributed by atoms with Crippen LogP contribution in [0.1, 0.15) is 0 Å². The number of benzene rings is 1. The van der Waals surface area contributed by atoms with E-state index in [-0.39, 0.29) is 0 Å². The summed E-state index contributed by atoms with van der Waals surface area (Å²) in [7, 11) is 0. The second-order valence-electron chi connectivity index (χ2n) is 4.41. The van der Waals surface area contributed by atoms with Crippen molar-refractivity contribution in [1.82, 2.24) is 15.0 Å². The Labute approximate surface area is 148 Å². The number of phenols is 1. The summed E-state index contributed by atoms with van der Waals surface area (Å²) >= 11 is 0. The Kier molecular flexibility index (Phi) is 12.0. The van der Waals surface area contributed by atoms with Crippen molar-refractivity contribution in [2.75, 3.05) is 0 Å². The smallest absolute Gasteiger partial charge is 0.115 e. The Morgan fingerprint density at radius 3 is 0.800 bits per heavy atom. The molecule has 0 saturated heterocycles. The zero-order chi connectivity index (χ0) is 17.8. The predicted molar refractivity (Wildman–Crippen MR) is 101 cm³/mol. The van der Waals surface area contributed by atoms with Gasteiger partial charge in [-0.3, -0.25) is 15.0 Å². The molecule has 0 spiro atoms. The first-order valence-corrected chi connectivity index (χ1v) is 7.68. The van der Waals surface area contributed by atoms with Crippen LogP contribution in [0.2, 0.25) is 0 Å². The van der Waals surface area contributed by atoms with E-state index in [0.29, 0.717) is 5.75 Å². The van der Waals surface area contributed by atoms with Crippen LogP contribution in [0.3, 0.4) is 0 Å². The minimum atomic E-state index is 0.322. The van der Waals surface area contributed by atoms with Crippen LogP contribution in [0.25, 0.3) is 0 Å². The fourth-order valence-electron chi connectivity index (χ4n) is 1.37. The molecule has 4 nitrogen and oxygen atoms in total. The highest BCUT2D eigenvalue weighted by molar-refractivity contribution is 5.18. The lowest BCUT2D eigenvalue weighted by Crippen LogP contribution is -1.58. The van der Waals surface area contributed by atoms with Crippen LogP contribution in [0.15, 0.2) is 122 Å². The lowest BCUT2D eigenvalue weighted by atomic mass is 10.3. The summed E-state index contributed by atoms with van der Waals surface area (Å²) in [4.78, 5) is 11.4. The summed E-state index contributed by atoms with van der Waals surface area (Å²) in [5.41, 5.74) is 0. The van der Waals surface area contributed by atoms with Crippen LogP contribution in [-0.4, -0.2) is 20.1 Å². The number of aromatic hydroxyl groups is 1. The summed E-state index contributed by atoms with van der Waals surface area (Å²) in [6.07, 6.45) is 10.5. The molecule has 126 valence electrons. The van der Waals surface area contributed by atoms with Crippen LogP contribution in [0, 0.1) is 0 Å². The van der Waals surface area contributed by atoms with Gasteiger partial charge in [-0.05, 0) is 48.5 Å². The lowest BCUT2D eigenvalue weighted by molar-refractivity contribution is 0.475. The molecule has 25 heavy (non-hydrogen) atoms. The molecular weight excluding hydrogens is 310 g/mol. The zero-order valence-corrected chi connectivity index (χ0v) is 13.8. The Bertz CT molecular complexity index is 553. The van der Waals surface area contributed by atoms with Gasteiger partial charge in [0.05, 0.1) is 0 Å². The molecule has 0 amide bonds. The van der Waals surface area contributed by atoms with E-state index >= 15 is 0 Å². The van der Waals surface area contributed by atoms with Crippen molar-refractivity contribution in [3.05, 3.63) is 122 Å².